The first-order chi connectivity index (χ1) is 13.4. The third-order valence-electron chi connectivity index (χ3n) is 3.62. The van der Waals surface area contributed by atoms with Gasteiger partial charge in [0.25, 0.3) is 0 Å². The Morgan fingerprint density at radius 2 is 1.82 bits per heavy atom. The number of anilines is 1. The molecule has 146 valence electrons. The van der Waals surface area contributed by atoms with Gasteiger partial charge in [-0.25, -0.2) is 4.68 Å². The van der Waals surface area contributed by atoms with Gasteiger partial charge in [0.2, 0.25) is 11.1 Å². The normalized spacial score (nSPS) is 10.7. The summed E-state index contributed by atoms with van der Waals surface area (Å²) in [7, 11) is 1.60. The highest BCUT2D eigenvalue weighted by Gasteiger charge is 2.15. The maximum absolute atomic E-state index is 12.3. The topological polar surface area (TPSA) is 95.1 Å². The Morgan fingerprint density at radius 1 is 1.18 bits per heavy atom. The SMILES string of the molecule is COc1ccc(-c2nnc(SCC(=O)Nc3c(Br)cc(Br)cc3Br)n2N)cc1. The zero-order valence-corrected chi connectivity index (χ0v) is 20.0. The smallest absolute Gasteiger partial charge is 0.234 e. The Hall–Kier alpha value is -1.56. The summed E-state index contributed by atoms with van der Waals surface area (Å²) in [6, 6.07) is 11.0. The molecule has 0 aliphatic carbocycles. The van der Waals surface area contributed by atoms with Gasteiger partial charge in [-0.2, -0.15) is 0 Å². The first-order valence-corrected chi connectivity index (χ1v) is 11.2. The van der Waals surface area contributed by atoms with E-state index in [1.165, 1.54) is 16.4 Å². The van der Waals surface area contributed by atoms with Gasteiger partial charge in [-0.1, -0.05) is 27.7 Å². The van der Waals surface area contributed by atoms with Crippen molar-refractivity contribution < 1.29 is 9.53 Å². The van der Waals surface area contributed by atoms with Gasteiger partial charge in [-0.05, 0) is 68.3 Å². The van der Waals surface area contributed by atoms with Crippen molar-refractivity contribution >= 4 is 71.1 Å². The van der Waals surface area contributed by atoms with Gasteiger partial charge < -0.3 is 15.9 Å². The third kappa shape index (κ3) is 4.88. The van der Waals surface area contributed by atoms with E-state index in [2.05, 4.69) is 63.3 Å². The molecule has 3 rings (SSSR count). The van der Waals surface area contributed by atoms with Crippen LogP contribution in [0.4, 0.5) is 5.69 Å². The summed E-state index contributed by atoms with van der Waals surface area (Å²) in [6.07, 6.45) is 0. The molecule has 28 heavy (non-hydrogen) atoms. The van der Waals surface area contributed by atoms with Crippen LogP contribution in [0.15, 0.2) is 55.0 Å². The lowest BCUT2D eigenvalue weighted by atomic mass is 10.2. The molecule has 3 aromatic rings. The second-order valence-corrected chi connectivity index (χ2v) is 9.05. The maximum Gasteiger partial charge on any atom is 0.234 e. The predicted octanol–water partition coefficient (Wildman–Crippen LogP) is 4.69. The van der Waals surface area contributed by atoms with E-state index >= 15 is 0 Å². The van der Waals surface area contributed by atoms with Crippen molar-refractivity contribution in [2.24, 2.45) is 0 Å². The highest BCUT2D eigenvalue weighted by atomic mass is 79.9. The largest absolute Gasteiger partial charge is 0.497 e. The van der Waals surface area contributed by atoms with Crippen LogP contribution in [0.5, 0.6) is 5.75 Å². The van der Waals surface area contributed by atoms with Crippen molar-refractivity contribution in [2.75, 3.05) is 24.0 Å². The van der Waals surface area contributed by atoms with E-state index in [4.69, 9.17) is 10.6 Å². The number of carbonyl (C=O) groups is 1. The highest BCUT2D eigenvalue weighted by molar-refractivity contribution is 9.11. The van der Waals surface area contributed by atoms with E-state index in [9.17, 15) is 4.79 Å². The Bertz CT molecular complexity index is 988. The Balaban J connectivity index is 1.66. The molecule has 11 heteroatoms. The van der Waals surface area contributed by atoms with Gasteiger partial charge in [0.15, 0.2) is 5.82 Å². The number of nitrogens with two attached hydrogens (primary N) is 1. The van der Waals surface area contributed by atoms with E-state index in [0.29, 0.717) is 16.7 Å². The van der Waals surface area contributed by atoms with Crippen molar-refractivity contribution in [3.8, 4) is 17.1 Å². The average Bonchev–Trinajstić information content (AvgIpc) is 3.03. The minimum Gasteiger partial charge on any atom is -0.497 e. The molecular formula is C17H14Br3N5O2S. The molecule has 0 unspecified atom stereocenters. The molecular weight excluding hydrogens is 578 g/mol. The van der Waals surface area contributed by atoms with Crippen LogP contribution in [0.3, 0.4) is 0 Å². The number of benzene rings is 2. The molecule has 0 aliphatic heterocycles. The molecule has 0 aliphatic rings. The van der Waals surface area contributed by atoms with E-state index in [-0.39, 0.29) is 11.7 Å². The number of thioether (sulfide) groups is 1. The summed E-state index contributed by atoms with van der Waals surface area (Å²) in [4.78, 5) is 12.3. The molecule has 0 atom stereocenters. The number of carbonyl (C=O) groups excluding carboxylic acids is 1. The van der Waals surface area contributed by atoms with Crippen LogP contribution in [0.1, 0.15) is 0 Å². The Morgan fingerprint density at radius 3 is 2.43 bits per heavy atom. The second-order valence-electron chi connectivity index (χ2n) is 5.49. The molecule has 0 saturated carbocycles. The first-order valence-electron chi connectivity index (χ1n) is 7.81. The lowest BCUT2D eigenvalue weighted by Gasteiger charge is -2.10. The standard InChI is InChI=1S/C17H14Br3N5O2S/c1-27-11-4-2-9(3-5-11)16-23-24-17(25(16)21)28-8-14(26)22-15-12(19)6-10(18)7-13(15)20/h2-7H,8,21H2,1H3,(H,22,26). The van der Waals surface area contributed by atoms with Crippen LogP contribution < -0.4 is 15.9 Å². The highest BCUT2D eigenvalue weighted by Crippen LogP contribution is 2.34. The number of hydrogen-bond donors (Lipinski definition) is 2. The fourth-order valence-electron chi connectivity index (χ4n) is 2.28. The maximum atomic E-state index is 12.3. The molecule has 1 amide bonds. The van der Waals surface area contributed by atoms with E-state index in [1.807, 2.05) is 36.4 Å². The molecule has 7 nitrogen and oxygen atoms in total. The van der Waals surface area contributed by atoms with E-state index in [0.717, 1.165) is 24.7 Å². The van der Waals surface area contributed by atoms with Crippen molar-refractivity contribution in [3.63, 3.8) is 0 Å². The fraction of sp³-hybridized carbons (Fsp3) is 0.118. The fourth-order valence-corrected chi connectivity index (χ4v) is 5.39. The number of nitrogens with zero attached hydrogens (tertiary/aromatic N) is 3. The number of nitrogen functional groups attached to an aromatic ring is 1. The molecule has 1 heterocycles. The van der Waals surface area contributed by atoms with Gasteiger partial charge in [0.05, 0.1) is 18.6 Å². The first kappa shape index (κ1) is 21.2. The molecule has 0 saturated heterocycles. The molecule has 1 aromatic heterocycles. The summed E-state index contributed by atoms with van der Waals surface area (Å²) in [5.41, 5.74) is 1.46. The van der Waals surface area contributed by atoms with Crippen LogP contribution in [0, 0.1) is 0 Å². The monoisotopic (exact) mass is 589 g/mol. The van der Waals surface area contributed by atoms with Crippen LogP contribution >= 0.6 is 59.6 Å². The van der Waals surface area contributed by atoms with Gasteiger partial charge in [0.1, 0.15) is 5.75 Å². The molecule has 0 fully saturated rings. The van der Waals surface area contributed by atoms with Crippen molar-refractivity contribution in [1.29, 1.82) is 0 Å². The third-order valence-corrected chi connectivity index (χ3v) is 6.27. The average molecular weight is 592 g/mol. The van der Waals surface area contributed by atoms with Crippen LogP contribution in [0.25, 0.3) is 11.4 Å². The minimum absolute atomic E-state index is 0.132. The minimum atomic E-state index is -0.192. The van der Waals surface area contributed by atoms with Gasteiger partial charge in [-0.15, -0.1) is 10.2 Å². The quantitative estimate of drug-likeness (QED) is 0.319. The lowest BCUT2D eigenvalue weighted by Crippen LogP contribution is -2.17. The molecule has 3 N–H and O–H groups in total. The number of nitrogens with one attached hydrogen (secondary N) is 1. The summed E-state index contributed by atoms with van der Waals surface area (Å²) in [5.74, 6) is 7.28. The van der Waals surface area contributed by atoms with Crippen molar-refractivity contribution in [1.82, 2.24) is 14.9 Å². The number of methoxy groups -OCH3 is 1. The van der Waals surface area contributed by atoms with E-state index < -0.39 is 0 Å². The van der Waals surface area contributed by atoms with Crippen LogP contribution in [-0.4, -0.2) is 33.6 Å². The number of rotatable bonds is 6. The number of aromatic nitrogens is 3. The zero-order valence-electron chi connectivity index (χ0n) is 14.4. The number of halogens is 3. The van der Waals surface area contributed by atoms with Crippen molar-refractivity contribution in [2.45, 2.75) is 5.16 Å². The zero-order chi connectivity index (χ0) is 20.3. The molecule has 0 radical (unpaired) electrons. The van der Waals surface area contributed by atoms with E-state index in [1.54, 1.807) is 7.11 Å². The summed E-state index contributed by atoms with van der Waals surface area (Å²) in [5, 5.41) is 11.5. The summed E-state index contributed by atoms with van der Waals surface area (Å²) in [6.45, 7) is 0. The summed E-state index contributed by atoms with van der Waals surface area (Å²) >= 11 is 11.5. The number of amides is 1. The van der Waals surface area contributed by atoms with Crippen molar-refractivity contribution in [3.05, 3.63) is 49.8 Å². The van der Waals surface area contributed by atoms with Gasteiger partial charge >= 0.3 is 0 Å². The molecule has 0 bridgehead atoms. The molecule has 2 aromatic carbocycles. The Labute approximate surface area is 190 Å². The number of ether oxygens (including phenoxy) is 1. The van der Waals surface area contributed by atoms with Gasteiger partial charge in [0, 0.05) is 19.0 Å². The van der Waals surface area contributed by atoms with Crippen LogP contribution in [0.2, 0.25) is 0 Å². The lowest BCUT2D eigenvalue weighted by molar-refractivity contribution is -0.113. The molecule has 0 spiro atoms. The predicted molar refractivity (Wildman–Crippen MR) is 121 cm³/mol. The van der Waals surface area contributed by atoms with Crippen LogP contribution in [-0.2, 0) is 4.79 Å². The Kier molecular flexibility index (Phi) is 7.02. The number of hydrogen-bond acceptors (Lipinski definition) is 6. The van der Waals surface area contributed by atoms with Gasteiger partial charge in [-0.3, -0.25) is 4.79 Å². The second kappa shape index (κ2) is 9.29. The summed E-state index contributed by atoms with van der Waals surface area (Å²) < 4.78 is 8.92.